The summed E-state index contributed by atoms with van der Waals surface area (Å²) in [6, 6.07) is 9.40. The second-order valence-corrected chi connectivity index (χ2v) is 7.70. The van der Waals surface area contributed by atoms with Crippen LogP contribution in [0.25, 0.3) is 11.1 Å². The SMILES string of the molecule is C=CCC1Oc2cccc(OC)c2-c2ccc(CS(N)(=O)=O)c(C)c21. The van der Waals surface area contributed by atoms with E-state index in [1.54, 1.807) is 13.2 Å². The van der Waals surface area contributed by atoms with Gasteiger partial charge in [0, 0.05) is 12.0 Å². The van der Waals surface area contributed by atoms with Crippen molar-refractivity contribution in [1.29, 1.82) is 0 Å². The first-order chi connectivity index (χ1) is 11.9. The molecule has 2 aromatic rings. The van der Waals surface area contributed by atoms with Crippen molar-refractivity contribution in [3.8, 4) is 22.6 Å². The van der Waals surface area contributed by atoms with Crippen LogP contribution in [0, 0.1) is 6.92 Å². The summed E-state index contributed by atoms with van der Waals surface area (Å²) in [6.07, 6.45) is 2.18. The van der Waals surface area contributed by atoms with E-state index in [4.69, 9.17) is 14.6 Å². The van der Waals surface area contributed by atoms with E-state index < -0.39 is 10.0 Å². The van der Waals surface area contributed by atoms with Gasteiger partial charge in [0.25, 0.3) is 0 Å². The van der Waals surface area contributed by atoms with Gasteiger partial charge in [-0.25, -0.2) is 13.6 Å². The second-order valence-electron chi connectivity index (χ2n) is 6.08. The average molecular weight is 359 g/mol. The van der Waals surface area contributed by atoms with Gasteiger partial charge < -0.3 is 9.47 Å². The molecule has 1 aliphatic rings. The van der Waals surface area contributed by atoms with Crippen LogP contribution in [0.5, 0.6) is 11.5 Å². The Morgan fingerprint density at radius 1 is 1.32 bits per heavy atom. The van der Waals surface area contributed by atoms with E-state index in [2.05, 4.69) is 6.58 Å². The lowest BCUT2D eigenvalue weighted by Crippen LogP contribution is -2.19. The third-order valence-corrected chi connectivity index (χ3v) is 5.15. The van der Waals surface area contributed by atoms with Gasteiger partial charge >= 0.3 is 0 Å². The molecule has 132 valence electrons. The Morgan fingerprint density at radius 3 is 2.72 bits per heavy atom. The van der Waals surface area contributed by atoms with E-state index in [-0.39, 0.29) is 11.9 Å². The molecule has 0 saturated carbocycles. The zero-order chi connectivity index (χ0) is 18.2. The van der Waals surface area contributed by atoms with Crippen LogP contribution >= 0.6 is 0 Å². The molecule has 3 rings (SSSR count). The zero-order valence-electron chi connectivity index (χ0n) is 14.3. The molecule has 2 aromatic carbocycles. The second kappa shape index (κ2) is 6.54. The van der Waals surface area contributed by atoms with Crippen LogP contribution in [0.3, 0.4) is 0 Å². The Morgan fingerprint density at radius 2 is 2.08 bits per heavy atom. The molecule has 1 heterocycles. The van der Waals surface area contributed by atoms with Gasteiger partial charge in [0.05, 0.1) is 18.4 Å². The Hall–Kier alpha value is -2.31. The van der Waals surface area contributed by atoms with E-state index in [0.717, 1.165) is 33.8 Å². The summed E-state index contributed by atoms with van der Waals surface area (Å²) < 4.78 is 34.7. The average Bonchev–Trinajstić information content (AvgIpc) is 2.55. The monoisotopic (exact) mass is 359 g/mol. The molecule has 0 aliphatic carbocycles. The Labute approximate surface area is 148 Å². The number of rotatable bonds is 5. The zero-order valence-corrected chi connectivity index (χ0v) is 15.1. The molecule has 0 amide bonds. The van der Waals surface area contributed by atoms with Crippen LogP contribution in [0.1, 0.15) is 29.2 Å². The molecule has 25 heavy (non-hydrogen) atoms. The number of methoxy groups -OCH3 is 1. The molecule has 6 heteroatoms. The summed E-state index contributed by atoms with van der Waals surface area (Å²) in [5.74, 6) is 1.26. The van der Waals surface area contributed by atoms with E-state index >= 15 is 0 Å². The molecule has 0 fully saturated rings. The van der Waals surface area contributed by atoms with Crippen molar-refractivity contribution in [2.75, 3.05) is 7.11 Å². The topological polar surface area (TPSA) is 78.6 Å². The van der Waals surface area contributed by atoms with Crippen molar-refractivity contribution in [2.45, 2.75) is 25.2 Å². The fourth-order valence-electron chi connectivity index (χ4n) is 3.35. The molecule has 5 nitrogen and oxygen atoms in total. The number of primary sulfonamides is 1. The van der Waals surface area contributed by atoms with Gasteiger partial charge in [0.1, 0.15) is 17.6 Å². The Balaban J connectivity index is 2.26. The Bertz CT molecular complexity index is 935. The fourth-order valence-corrected chi connectivity index (χ4v) is 4.10. The van der Waals surface area contributed by atoms with Crippen LogP contribution in [-0.2, 0) is 15.8 Å². The van der Waals surface area contributed by atoms with Gasteiger partial charge in [0.15, 0.2) is 0 Å². The molecule has 1 atom stereocenters. The molecular weight excluding hydrogens is 338 g/mol. The number of ether oxygens (including phenoxy) is 2. The lowest BCUT2D eigenvalue weighted by molar-refractivity contribution is 0.204. The number of hydrogen-bond donors (Lipinski definition) is 1. The largest absolute Gasteiger partial charge is 0.496 e. The minimum absolute atomic E-state index is 0.203. The third-order valence-electron chi connectivity index (χ3n) is 4.43. The lowest BCUT2D eigenvalue weighted by Gasteiger charge is -2.31. The fraction of sp³-hybridized carbons (Fsp3) is 0.263. The summed E-state index contributed by atoms with van der Waals surface area (Å²) in [5.41, 5.74) is 4.37. The number of hydrogen-bond acceptors (Lipinski definition) is 4. The summed E-state index contributed by atoms with van der Waals surface area (Å²) in [4.78, 5) is 0. The molecule has 0 radical (unpaired) electrons. The highest BCUT2D eigenvalue weighted by molar-refractivity contribution is 7.88. The molecule has 1 aliphatic heterocycles. The van der Waals surface area contributed by atoms with Crippen molar-refractivity contribution < 1.29 is 17.9 Å². The summed E-state index contributed by atoms with van der Waals surface area (Å²) in [6.45, 7) is 5.71. The van der Waals surface area contributed by atoms with Crippen LogP contribution in [-0.4, -0.2) is 15.5 Å². The highest BCUT2D eigenvalue weighted by Gasteiger charge is 2.30. The van der Waals surface area contributed by atoms with Gasteiger partial charge in [-0.15, -0.1) is 6.58 Å². The first kappa shape index (κ1) is 17.5. The number of benzene rings is 2. The van der Waals surface area contributed by atoms with Gasteiger partial charge in [-0.2, -0.15) is 0 Å². The van der Waals surface area contributed by atoms with Gasteiger partial charge in [-0.3, -0.25) is 0 Å². The maximum absolute atomic E-state index is 11.5. The molecular formula is C19H21NO4S. The van der Waals surface area contributed by atoms with Crippen molar-refractivity contribution in [1.82, 2.24) is 0 Å². The normalized spacial score (nSPS) is 15.7. The maximum Gasteiger partial charge on any atom is 0.213 e. The maximum atomic E-state index is 11.5. The summed E-state index contributed by atoms with van der Waals surface area (Å²) in [7, 11) is -2.00. The molecule has 2 N–H and O–H groups in total. The summed E-state index contributed by atoms with van der Waals surface area (Å²) in [5, 5.41) is 5.23. The smallest absolute Gasteiger partial charge is 0.213 e. The van der Waals surface area contributed by atoms with Crippen LogP contribution in [0.4, 0.5) is 0 Å². The molecule has 0 bridgehead atoms. The predicted octanol–water partition coefficient (Wildman–Crippen LogP) is 3.47. The van der Waals surface area contributed by atoms with Crippen molar-refractivity contribution in [2.24, 2.45) is 5.14 Å². The minimum Gasteiger partial charge on any atom is -0.496 e. The quantitative estimate of drug-likeness (QED) is 0.829. The van der Waals surface area contributed by atoms with Gasteiger partial charge in [0.2, 0.25) is 10.0 Å². The number of sulfonamides is 1. The predicted molar refractivity (Wildman–Crippen MR) is 98.2 cm³/mol. The molecule has 0 spiro atoms. The van der Waals surface area contributed by atoms with Crippen LogP contribution in [0.15, 0.2) is 43.0 Å². The van der Waals surface area contributed by atoms with E-state index in [1.165, 1.54) is 0 Å². The lowest BCUT2D eigenvalue weighted by atomic mass is 9.86. The molecule has 1 unspecified atom stereocenters. The van der Waals surface area contributed by atoms with Crippen LogP contribution < -0.4 is 14.6 Å². The summed E-state index contributed by atoms with van der Waals surface area (Å²) >= 11 is 0. The van der Waals surface area contributed by atoms with Crippen LogP contribution in [0.2, 0.25) is 0 Å². The van der Waals surface area contributed by atoms with Crippen molar-refractivity contribution >= 4 is 10.0 Å². The Kier molecular flexibility index (Phi) is 4.58. The van der Waals surface area contributed by atoms with Crippen molar-refractivity contribution in [3.63, 3.8) is 0 Å². The number of fused-ring (bicyclic) bond motifs is 3. The highest BCUT2D eigenvalue weighted by atomic mass is 32.2. The standard InChI is InChI=1S/C19H21NO4S/c1-4-6-16-18-12(2)13(11-25(20,21)22)9-10-14(18)19-15(23-3)7-5-8-17(19)24-16/h4-5,7-10,16H,1,6,11H2,2-3H3,(H2,20,21,22). The van der Waals surface area contributed by atoms with E-state index in [9.17, 15) is 8.42 Å². The number of nitrogens with two attached hydrogens (primary N) is 1. The van der Waals surface area contributed by atoms with Gasteiger partial charge in [-0.05, 0) is 35.7 Å². The first-order valence-corrected chi connectivity index (χ1v) is 9.65. The molecule has 0 aromatic heterocycles. The third kappa shape index (κ3) is 3.27. The highest BCUT2D eigenvalue weighted by Crippen LogP contribution is 2.49. The van der Waals surface area contributed by atoms with E-state index in [1.807, 2.05) is 37.3 Å². The van der Waals surface area contributed by atoms with Gasteiger partial charge in [-0.1, -0.05) is 24.3 Å². The molecule has 0 saturated heterocycles. The van der Waals surface area contributed by atoms with E-state index in [0.29, 0.717) is 12.0 Å². The first-order valence-electron chi connectivity index (χ1n) is 7.93. The minimum atomic E-state index is -3.61. The van der Waals surface area contributed by atoms with Crippen molar-refractivity contribution in [3.05, 3.63) is 59.7 Å².